The quantitative estimate of drug-likeness (QED) is 0.863. The lowest BCUT2D eigenvalue weighted by atomic mass is 9.96. The number of rotatable bonds is 3. The van der Waals surface area contributed by atoms with Gasteiger partial charge in [-0.1, -0.05) is 0 Å². The number of hydrogen-bond acceptors (Lipinski definition) is 6. The maximum atomic E-state index is 4.96. The smallest absolute Gasteiger partial charge is 0.227 e. The Kier molecular flexibility index (Phi) is 4.35. The molecule has 2 aliphatic heterocycles. The van der Waals surface area contributed by atoms with Gasteiger partial charge in [0.05, 0.1) is 5.69 Å². The van der Waals surface area contributed by atoms with Crippen LogP contribution in [-0.2, 0) is 12.8 Å². The van der Waals surface area contributed by atoms with Gasteiger partial charge in [0.1, 0.15) is 5.82 Å². The molecule has 0 saturated carbocycles. The van der Waals surface area contributed by atoms with Crippen LogP contribution in [0.15, 0.2) is 0 Å². The van der Waals surface area contributed by atoms with Crippen LogP contribution in [0.5, 0.6) is 0 Å². The van der Waals surface area contributed by atoms with Crippen molar-refractivity contribution in [1.82, 2.24) is 20.2 Å². The Hall–Kier alpha value is -1.40. The van der Waals surface area contributed by atoms with Crippen LogP contribution in [0.3, 0.4) is 0 Å². The van der Waals surface area contributed by atoms with Crippen LogP contribution in [0.2, 0.25) is 0 Å². The van der Waals surface area contributed by atoms with Crippen LogP contribution < -0.4 is 15.5 Å². The molecule has 2 saturated heterocycles. The maximum Gasteiger partial charge on any atom is 0.227 e. The lowest BCUT2D eigenvalue weighted by molar-refractivity contribution is 0.311. The largest absolute Gasteiger partial charge is 0.366 e. The number of hydrogen-bond donors (Lipinski definition) is 2. The molecular weight excluding hydrogens is 288 g/mol. The predicted octanol–water partition coefficient (Wildman–Crippen LogP) is 0.881. The van der Waals surface area contributed by atoms with Gasteiger partial charge in [0.25, 0.3) is 0 Å². The van der Waals surface area contributed by atoms with Gasteiger partial charge in [-0.25, -0.2) is 4.98 Å². The van der Waals surface area contributed by atoms with Gasteiger partial charge in [0.2, 0.25) is 5.95 Å². The average Bonchev–Trinajstić information content (AvgIpc) is 3.08. The molecule has 3 heterocycles. The summed E-state index contributed by atoms with van der Waals surface area (Å²) in [5.74, 6) is 2.05. The topological polar surface area (TPSA) is 56.3 Å². The van der Waals surface area contributed by atoms with E-state index < -0.39 is 0 Å². The SMILES string of the molecule is CN1CCN(c2nc3c(c(N[C@@H]4CCNC4)n2)CCCC3)CC1. The molecule has 6 heteroatoms. The van der Waals surface area contributed by atoms with Gasteiger partial charge in [0.15, 0.2) is 0 Å². The Morgan fingerprint density at radius 1 is 1.09 bits per heavy atom. The normalized spacial score (nSPS) is 25.4. The second-order valence-electron chi connectivity index (χ2n) is 7.13. The van der Waals surface area contributed by atoms with Gasteiger partial charge in [-0.2, -0.15) is 4.98 Å². The Labute approximate surface area is 138 Å². The van der Waals surface area contributed by atoms with E-state index in [4.69, 9.17) is 9.97 Å². The molecule has 0 spiro atoms. The zero-order valence-corrected chi connectivity index (χ0v) is 14.1. The van der Waals surface area contributed by atoms with Gasteiger partial charge < -0.3 is 20.4 Å². The van der Waals surface area contributed by atoms with Crippen LogP contribution in [-0.4, -0.2) is 67.2 Å². The minimum Gasteiger partial charge on any atom is -0.366 e. The van der Waals surface area contributed by atoms with Gasteiger partial charge in [0, 0.05) is 44.3 Å². The number of piperazine rings is 1. The Balaban J connectivity index is 1.61. The summed E-state index contributed by atoms with van der Waals surface area (Å²) >= 11 is 0. The molecule has 1 aliphatic carbocycles. The minimum atomic E-state index is 0.510. The van der Waals surface area contributed by atoms with Crippen molar-refractivity contribution in [2.75, 3.05) is 56.5 Å². The van der Waals surface area contributed by atoms with Crippen molar-refractivity contribution < 1.29 is 0 Å². The highest BCUT2D eigenvalue weighted by Gasteiger charge is 2.24. The molecule has 23 heavy (non-hydrogen) atoms. The molecule has 0 radical (unpaired) electrons. The maximum absolute atomic E-state index is 4.96. The first-order valence-corrected chi connectivity index (χ1v) is 9.10. The molecule has 4 rings (SSSR count). The standard InChI is InChI=1S/C17H28N6/c1-22-8-10-23(11-9-22)17-20-15-5-3-2-4-14(15)16(21-17)19-13-6-7-18-12-13/h13,18H,2-12H2,1H3,(H,19,20,21)/t13-/m1/s1. The highest BCUT2D eigenvalue weighted by molar-refractivity contribution is 5.53. The number of fused-ring (bicyclic) bond motifs is 1. The van der Waals surface area contributed by atoms with E-state index in [0.29, 0.717) is 6.04 Å². The van der Waals surface area contributed by atoms with Gasteiger partial charge >= 0.3 is 0 Å². The lowest BCUT2D eigenvalue weighted by Gasteiger charge is -2.33. The number of anilines is 2. The van der Waals surface area contributed by atoms with Gasteiger partial charge in [-0.15, -0.1) is 0 Å². The van der Waals surface area contributed by atoms with Crippen LogP contribution in [0.4, 0.5) is 11.8 Å². The van der Waals surface area contributed by atoms with E-state index in [1.165, 1.54) is 30.5 Å². The summed E-state index contributed by atoms with van der Waals surface area (Å²) < 4.78 is 0. The van der Waals surface area contributed by atoms with Crippen molar-refractivity contribution in [3.05, 3.63) is 11.3 Å². The van der Waals surface area contributed by atoms with Crippen molar-refractivity contribution in [2.45, 2.75) is 38.1 Å². The van der Waals surface area contributed by atoms with E-state index in [-0.39, 0.29) is 0 Å². The summed E-state index contributed by atoms with van der Waals surface area (Å²) in [5, 5.41) is 7.14. The van der Waals surface area contributed by atoms with Crippen molar-refractivity contribution >= 4 is 11.8 Å². The second kappa shape index (κ2) is 6.61. The summed E-state index contributed by atoms with van der Waals surface area (Å²) in [4.78, 5) is 14.6. The van der Waals surface area contributed by atoms with E-state index in [0.717, 1.165) is 63.9 Å². The molecule has 1 aromatic heterocycles. The molecule has 2 fully saturated rings. The third-order valence-corrected chi connectivity index (χ3v) is 5.36. The Morgan fingerprint density at radius 3 is 2.70 bits per heavy atom. The fraction of sp³-hybridized carbons (Fsp3) is 0.765. The average molecular weight is 316 g/mol. The molecule has 2 N–H and O–H groups in total. The first-order valence-electron chi connectivity index (χ1n) is 9.10. The summed E-state index contributed by atoms with van der Waals surface area (Å²) in [7, 11) is 2.19. The van der Waals surface area contributed by atoms with Gasteiger partial charge in [-0.3, -0.25) is 0 Å². The molecule has 0 aromatic carbocycles. The highest BCUT2D eigenvalue weighted by Crippen LogP contribution is 2.29. The van der Waals surface area contributed by atoms with E-state index in [2.05, 4.69) is 27.5 Å². The summed E-state index contributed by atoms with van der Waals surface area (Å²) in [6, 6.07) is 0.510. The van der Waals surface area contributed by atoms with Crippen molar-refractivity contribution in [3.8, 4) is 0 Å². The first kappa shape index (κ1) is 15.1. The molecule has 0 unspecified atom stereocenters. The second-order valence-corrected chi connectivity index (χ2v) is 7.13. The fourth-order valence-corrected chi connectivity index (χ4v) is 3.82. The summed E-state index contributed by atoms with van der Waals surface area (Å²) in [5.41, 5.74) is 2.66. The number of nitrogens with one attached hydrogen (secondary N) is 2. The van der Waals surface area contributed by atoms with Crippen LogP contribution in [0.25, 0.3) is 0 Å². The fourth-order valence-electron chi connectivity index (χ4n) is 3.82. The van der Waals surface area contributed by atoms with Gasteiger partial charge in [-0.05, 0) is 45.7 Å². The Morgan fingerprint density at radius 2 is 1.91 bits per heavy atom. The highest BCUT2D eigenvalue weighted by atomic mass is 15.3. The number of aryl methyl sites for hydroxylation is 1. The molecular formula is C17H28N6. The molecule has 1 aromatic rings. The van der Waals surface area contributed by atoms with Crippen LogP contribution in [0, 0.1) is 0 Å². The molecule has 1 atom stereocenters. The van der Waals surface area contributed by atoms with Crippen molar-refractivity contribution in [2.24, 2.45) is 0 Å². The zero-order valence-electron chi connectivity index (χ0n) is 14.1. The van der Waals surface area contributed by atoms with E-state index in [9.17, 15) is 0 Å². The summed E-state index contributed by atoms with van der Waals surface area (Å²) in [6.45, 7) is 6.39. The third-order valence-electron chi connectivity index (χ3n) is 5.36. The first-order chi connectivity index (χ1) is 11.3. The minimum absolute atomic E-state index is 0.510. The zero-order chi connectivity index (χ0) is 15.6. The molecule has 0 amide bonds. The Bertz CT molecular complexity index is 546. The summed E-state index contributed by atoms with van der Waals surface area (Å²) in [6.07, 6.45) is 5.94. The third kappa shape index (κ3) is 3.28. The number of aromatic nitrogens is 2. The van der Waals surface area contributed by atoms with E-state index in [1.54, 1.807) is 0 Å². The molecule has 6 nitrogen and oxygen atoms in total. The monoisotopic (exact) mass is 316 g/mol. The molecule has 126 valence electrons. The van der Waals surface area contributed by atoms with Crippen LogP contribution in [0.1, 0.15) is 30.5 Å². The van der Waals surface area contributed by atoms with E-state index >= 15 is 0 Å². The lowest BCUT2D eigenvalue weighted by Crippen LogP contribution is -2.45. The molecule has 3 aliphatic rings. The molecule has 0 bridgehead atoms. The number of likely N-dealkylation sites (N-methyl/N-ethyl adjacent to an activating group) is 1. The van der Waals surface area contributed by atoms with Crippen molar-refractivity contribution in [1.29, 1.82) is 0 Å². The predicted molar refractivity (Wildman–Crippen MR) is 93.3 cm³/mol. The van der Waals surface area contributed by atoms with Crippen molar-refractivity contribution in [3.63, 3.8) is 0 Å². The number of nitrogens with zero attached hydrogens (tertiary/aromatic N) is 4. The van der Waals surface area contributed by atoms with Crippen LogP contribution >= 0.6 is 0 Å². The van der Waals surface area contributed by atoms with E-state index in [1.807, 2.05) is 0 Å².